The van der Waals surface area contributed by atoms with E-state index in [1.54, 1.807) is 0 Å². The molecule has 1 aromatic rings. The van der Waals surface area contributed by atoms with Gasteiger partial charge in [-0.05, 0) is 64.6 Å². The van der Waals surface area contributed by atoms with E-state index in [1.807, 2.05) is 0 Å². The maximum atomic E-state index is 10.5. The minimum Gasteiger partial charge on any atom is -0.391 e. The maximum Gasteiger partial charge on any atom is 0.0718 e. The van der Waals surface area contributed by atoms with E-state index in [0.29, 0.717) is 0 Å². The molecule has 1 atom stereocenters. The third-order valence-corrected chi connectivity index (χ3v) is 4.52. The SMILES string of the molecule is CC(C)(C(O)CCCc1ccccc1)N1CCCC1. The summed E-state index contributed by atoms with van der Waals surface area (Å²) in [6, 6.07) is 10.5. The van der Waals surface area contributed by atoms with Crippen LogP contribution in [-0.2, 0) is 6.42 Å². The van der Waals surface area contributed by atoms with Gasteiger partial charge < -0.3 is 5.11 Å². The first-order valence-electron chi connectivity index (χ1n) is 7.58. The fourth-order valence-corrected chi connectivity index (χ4v) is 3.00. The molecular weight excluding hydrogens is 234 g/mol. The van der Waals surface area contributed by atoms with Crippen LogP contribution in [0.5, 0.6) is 0 Å². The quantitative estimate of drug-likeness (QED) is 0.849. The summed E-state index contributed by atoms with van der Waals surface area (Å²) in [7, 11) is 0. The minimum atomic E-state index is -0.227. The van der Waals surface area contributed by atoms with Gasteiger partial charge in [0.15, 0.2) is 0 Å². The Kier molecular flexibility index (Phi) is 5.00. The van der Waals surface area contributed by atoms with E-state index in [-0.39, 0.29) is 11.6 Å². The van der Waals surface area contributed by atoms with E-state index < -0.39 is 0 Å². The van der Waals surface area contributed by atoms with Crippen LogP contribution in [0, 0.1) is 0 Å². The molecule has 1 N–H and O–H groups in total. The highest BCUT2D eigenvalue weighted by atomic mass is 16.3. The number of nitrogens with zero attached hydrogens (tertiary/aromatic N) is 1. The van der Waals surface area contributed by atoms with E-state index in [4.69, 9.17) is 0 Å². The molecule has 0 aliphatic carbocycles. The number of aryl methyl sites for hydroxylation is 1. The van der Waals surface area contributed by atoms with Crippen molar-refractivity contribution in [2.45, 2.75) is 57.6 Å². The summed E-state index contributed by atoms with van der Waals surface area (Å²) in [6.07, 6.45) is 5.34. The van der Waals surface area contributed by atoms with E-state index in [2.05, 4.69) is 49.1 Å². The highest BCUT2D eigenvalue weighted by Crippen LogP contribution is 2.26. The highest BCUT2D eigenvalue weighted by molar-refractivity contribution is 5.14. The molecule has 1 unspecified atom stereocenters. The van der Waals surface area contributed by atoms with Crippen molar-refractivity contribution >= 4 is 0 Å². The molecule has 0 saturated carbocycles. The van der Waals surface area contributed by atoms with E-state index in [9.17, 15) is 5.11 Å². The van der Waals surface area contributed by atoms with Crippen LogP contribution in [0.4, 0.5) is 0 Å². The summed E-state index contributed by atoms with van der Waals surface area (Å²) in [4.78, 5) is 2.44. The van der Waals surface area contributed by atoms with Crippen molar-refractivity contribution in [1.82, 2.24) is 4.90 Å². The van der Waals surface area contributed by atoms with E-state index >= 15 is 0 Å². The molecule has 1 fully saturated rings. The van der Waals surface area contributed by atoms with Gasteiger partial charge in [-0.1, -0.05) is 30.3 Å². The molecule has 1 aliphatic heterocycles. The molecule has 19 heavy (non-hydrogen) atoms. The van der Waals surface area contributed by atoms with Gasteiger partial charge >= 0.3 is 0 Å². The van der Waals surface area contributed by atoms with Crippen LogP contribution < -0.4 is 0 Å². The average molecular weight is 261 g/mol. The largest absolute Gasteiger partial charge is 0.391 e. The zero-order chi connectivity index (χ0) is 13.7. The van der Waals surface area contributed by atoms with Crippen molar-refractivity contribution < 1.29 is 5.11 Å². The zero-order valence-corrected chi connectivity index (χ0v) is 12.3. The molecule has 1 heterocycles. The molecule has 0 amide bonds. The van der Waals surface area contributed by atoms with Gasteiger partial charge in [-0.2, -0.15) is 0 Å². The lowest BCUT2D eigenvalue weighted by molar-refractivity contribution is -0.00283. The first-order chi connectivity index (χ1) is 9.10. The molecule has 0 aromatic heterocycles. The molecule has 1 aliphatic rings. The third kappa shape index (κ3) is 3.80. The second kappa shape index (κ2) is 6.53. The number of hydrogen-bond donors (Lipinski definition) is 1. The van der Waals surface area contributed by atoms with Crippen molar-refractivity contribution in [3.63, 3.8) is 0 Å². The van der Waals surface area contributed by atoms with Crippen molar-refractivity contribution in [2.75, 3.05) is 13.1 Å². The van der Waals surface area contributed by atoms with Crippen molar-refractivity contribution in [1.29, 1.82) is 0 Å². The summed E-state index contributed by atoms with van der Waals surface area (Å²) in [6.45, 7) is 6.66. The first kappa shape index (κ1) is 14.5. The van der Waals surface area contributed by atoms with Crippen LogP contribution in [-0.4, -0.2) is 34.7 Å². The van der Waals surface area contributed by atoms with E-state index in [0.717, 1.165) is 32.4 Å². The maximum absolute atomic E-state index is 10.5. The summed E-state index contributed by atoms with van der Waals surface area (Å²) < 4.78 is 0. The minimum absolute atomic E-state index is 0.0762. The second-order valence-electron chi connectivity index (χ2n) is 6.24. The van der Waals surface area contributed by atoms with Crippen LogP contribution >= 0.6 is 0 Å². The Morgan fingerprint density at radius 3 is 2.42 bits per heavy atom. The molecule has 1 saturated heterocycles. The Morgan fingerprint density at radius 1 is 1.16 bits per heavy atom. The number of aliphatic hydroxyl groups excluding tert-OH is 1. The van der Waals surface area contributed by atoms with E-state index in [1.165, 1.54) is 18.4 Å². The Labute approximate surface area is 117 Å². The second-order valence-corrected chi connectivity index (χ2v) is 6.24. The van der Waals surface area contributed by atoms with Gasteiger partial charge in [0.25, 0.3) is 0 Å². The Balaban J connectivity index is 1.78. The molecule has 1 aromatic carbocycles. The fraction of sp³-hybridized carbons (Fsp3) is 0.647. The lowest BCUT2D eigenvalue weighted by atomic mass is 9.90. The summed E-state index contributed by atoms with van der Waals surface area (Å²) in [5, 5.41) is 10.5. The van der Waals surface area contributed by atoms with Crippen LogP contribution in [0.1, 0.15) is 45.1 Å². The predicted molar refractivity (Wildman–Crippen MR) is 80.3 cm³/mol. The van der Waals surface area contributed by atoms with Gasteiger partial charge in [0.05, 0.1) is 6.10 Å². The third-order valence-electron chi connectivity index (χ3n) is 4.52. The van der Waals surface area contributed by atoms with Crippen molar-refractivity contribution in [3.05, 3.63) is 35.9 Å². The summed E-state index contributed by atoms with van der Waals surface area (Å²) in [5.74, 6) is 0. The molecule has 0 bridgehead atoms. The van der Waals surface area contributed by atoms with Crippen molar-refractivity contribution in [3.8, 4) is 0 Å². The number of hydrogen-bond acceptors (Lipinski definition) is 2. The first-order valence-corrected chi connectivity index (χ1v) is 7.58. The smallest absolute Gasteiger partial charge is 0.0718 e. The normalized spacial score (nSPS) is 18.7. The lowest BCUT2D eigenvalue weighted by Crippen LogP contribution is -2.51. The standard InChI is InChI=1S/C17H27NO/c1-17(2,18-13-6-7-14-18)16(19)12-8-11-15-9-4-3-5-10-15/h3-5,9-10,16,19H,6-8,11-14H2,1-2H3. The van der Waals surface area contributed by atoms with Gasteiger partial charge in [-0.15, -0.1) is 0 Å². The predicted octanol–water partition coefficient (Wildman–Crippen LogP) is 3.24. The molecule has 0 spiro atoms. The highest BCUT2D eigenvalue weighted by Gasteiger charge is 2.35. The topological polar surface area (TPSA) is 23.5 Å². The number of aliphatic hydroxyl groups is 1. The monoisotopic (exact) mass is 261 g/mol. The summed E-state index contributed by atoms with van der Waals surface area (Å²) in [5.41, 5.74) is 1.29. The Morgan fingerprint density at radius 2 is 1.79 bits per heavy atom. The molecule has 2 heteroatoms. The van der Waals surface area contributed by atoms with Crippen LogP contribution in [0.15, 0.2) is 30.3 Å². The number of benzene rings is 1. The fourth-order valence-electron chi connectivity index (χ4n) is 3.00. The van der Waals surface area contributed by atoms with Crippen LogP contribution in [0.3, 0.4) is 0 Å². The lowest BCUT2D eigenvalue weighted by Gasteiger charge is -2.39. The summed E-state index contributed by atoms with van der Waals surface area (Å²) >= 11 is 0. The van der Waals surface area contributed by atoms with Gasteiger partial charge in [0, 0.05) is 5.54 Å². The molecule has 2 rings (SSSR count). The number of likely N-dealkylation sites (tertiary alicyclic amines) is 1. The van der Waals surface area contributed by atoms with Gasteiger partial charge in [0.1, 0.15) is 0 Å². The van der Waals surface area contributed by atoms with Gasteiger partial charge in [0.2, 0.25) is 0 Å². The Bertz CT molecular complexity index is 368. The number of rotatable bonds is 6. The zero-order valence-electron chi connectivity index (χ0n) is 12.3. The molecule has 0 radical (unpaired) electrons. The van der Waals surface area contributed by atoms with Gasteiger partial charge in [-0.3, -0.25) is 4.90 Å². The average Bonchev–Trinajstić information content (AvgIpc) is 2.94. The van der Waals surface area contributed by atoms with Gasteiger partial charge in [-0.25, -0.2) is 0 Å². The van der Waals surface area contributed by atoms with Crippen LogP contribution in [0.25, 0.3) is 0 Å². The van der Waals surface area contributed by atoms with Crippen LogP contribution in [0.2, 0.25) is 0 Å². The molecular formula is C17H27NO. The molecule has 106 valence electrons. The van der Waals surface area contributed by atoms with Crippen molar-refractivity contribution in [2.24, 2.45) is 0 Å². The molecule has 2 nitrogen and oxygen atoms in total. The Hall–Kier alpha value is -0.860.